The summed E-state index contributed by atoms with van der Waals surface area (Å²) in [5, 5.41) is 11.8. The van der Waals surface area contributed by atoms with Crippen LogP contribution in [0.5, 0.6) is 5.75 Å². The Kier molecular flexibility index (Phi) is 8.31. The molecule has 0 unspecified atom stereocenters. The Balaban J connectivity index is 0.00000261. The maximum atomic E-state index is 5.74. The fourth-order valence-electron chi connectivity index (χ4n) is 2.66. The van der Waals surface area contributed by atoms with E-state index in [1.807, 2.05) is 71.1 Å². The molecule has 8 heteroatoms. The second-order valence-corrected chi connectivity index (χ2v) is 5.85. The molecule has 0 saturated heterocycles. The number of nitrogens with zero attached hydrogens (tertiary/aromatic N) is 5. The van der Waals surface area contributed by atoms with Crippen molar-refractivity contribution in [3.8, 4) is 5.75 Å². The van der Waals surface area contributed by atoms with Gasteiger partial charge in [0, 0.05) is 33.3 Å². The summed E-state index contributed by atoms with van der Waals surface area (Å²) in [6.45, 7) is 2.06. The maximum Gasteiger partial charge on any atom is 0.193 e. The van der Waals surface area contributed by atoms with Gasteiger partial charge in [0.05, 0.1) is 6.54 Å². The molecule has 1 N–H and O–H groups in total. The molecule has 0 atom stereocenters. The zero-order valence-electron chi connectivity index (χ0n) is 15.6. The third kappa shape index (κ3) is 5.81. The molecule has 0 fully saturated rings. The lowest BCUT2D eigenvalue weighted by Gasteiger charge is -2.22. The van der Waals surface area contributed by atoms with Gasteiger partial charge in [0.1, 0.15) is 18.2 Å². The van der Waals surface area contributed by atoms with E-state index < -0.39 is 0 Å². The van der Waals surface area contributed by atoms with Gasteiger partial charge in [-0.2, -0.15) is 0 Å². The van der Waals surface area contributed by atoms with Crippen LogP contribution >= 0.6 is 24.0 Å². The largest absolute Gasteiger partial charge is 0.492 e. The monoisotopic (exact) mass is 480 g/mol. The lowest BCUT2D eigenvalue weighted by atomic mass is 10.3. The van der Waals surface area contributed by atoms with Crippen molar-refractivity contribution >= 4 is 35.6 Å². The Bertz CT molecular complexity index is 852. The summed E-state index contributed by atoms with van der Waals surface area (Å²) in [7, 11) is 3.78. The molecule has 0 bridgehead atoms. The summed E-state index contributed by atoms with van der Waals surface area (Å²) in [4.78, 5) is 6.37. The van der Waals surface area contributed by atoms with Gasteiger partial charge < -0.3 is 15.0 Å². The minimum absolute atomic E-state index is 0. The van der Waals surface area contributed by atoms with Crippen LogP contribution in [0.2, 0.25) is 0 Å². The predicted molar refractivity (Wildman–Crippen MR) is 118 cm³/mol. The van der Waals surface area contributed by atoms with Gasteiger partial charge in [-0.15, -0.1) is 34.2 Å². The number of para-hydroxylation sites is 1. The van der Waals surface area contributed by atoms with Crippen molar-refractivity contribution in [3.63, 3.8) is 0 Å². The fraction of sp³-hybridized carbons (Fsp3) is 0.316. The topological polar surface area (TPSA) is 67.0 Å². The summed E-state index contributed by atoms with van der Waals surface area (Å²) in [6.07, 6.45) is 2.74. The standard InChI is InChI=1S/C19H24N6O.HI/c1-20-19(24(2)14-15-26-16-8-4-3-5-9-16)21-12-11-18-23-22-17-10-6-7-13-25(17)18;/h3-10,13H,11-12,14-15H2,1-2H3,(H,20,21);1H. The highest BCUT2D eigenvalue weighted by molar-refractivity contribution is 14.0. The first-order valence-corrected chi connectivity index (χ1v) is 8.66. The first kappa shape index (κ1) is 20.9. The Morgan fingerprint density at radius 3 is 2.70 bits per heavy atom. The molecule has 0 spiro atoms. The van der Waals surface area contributed by atoms with Gasteiger partial charge in [0.15, 0.2) is 11.6 Å². The predicted octanol–water partition coefficient (Wildman–Crippen LogP) is 2.48. The Morgan fingerprint density at radius 1 is 1.15 bits per heavy atom. The molecular formula is C19H25IN6O. The molecular weight excluding hydrogens is 455 g/mol. The van der Waals surface area contributed by atoms with Crippen molar-refractivity contribution in [1.82, 2.24) is 24.8 Å². The number of fused-ring (bicyclic) bond motifs is 1. The average Bonchev–Trinajstić information content (AvgIpc) is 3.09. The second kappa shape index (κ2) is 10.7. The normalized spacial score (nSPS) is 11.1. The number of guanidine groups is 1. The zero-order chi connectivity index (χ0) is 18.2. The van der Waals surface area contributed by atoms with Crippen molar-refractivity contribution in [2.75, 3.05) is 33.8 Å². The van der Waals surface area contributed by atoms with Gasteiger partial charge in [-0.1, -0.05) is 24.3 Å². The lowest BCUT2D eigenvalue weighted by Crippen LogP contribution is -2.41. The number of aromatic nitrogens is 3. The van der Waals surface area contributed by atoms with E-state index in [0.717, 1.165) is 42.7 Å². The maximum absolute atomic E-state index is 5.74. The minimum atomic E-state index is 0. The second-order valence-electron chi connectivity index (χ2n) is 5.85. The molecule has 3 rings (SSSR count). The van der Waals surface area contributed by atoms with E-state index in [1.54, 1.807) is 7.05 Å². The molecule has 0 saturated carbocycles. The summed E-state index contributed by atoms with van der Waals surface area (Å²) in [5.41, 5.74) is 0.863. The summed E-state index contributed by atoms with van der Waals surface area (Å²) in [6, 6.07) is 15.7. The van der Waals surface area contributed by atoms with Crippen LogP contribution in [0.15, 0.2) is 59.7 Å². The minimum Gasteiger partial charge on any atom is -0.492 e. The Hall–Kier alpha value is -2.36. The molecule has 144 valence electrons. The molecule has 0 aliphatic rings. The Labute approximate surface area is 176 Å². The van der Waals surface area contributed by atoms with E-state index in [2.05, 4.69) is 20.5 Å². The van der Waals surface area contributed by atoms with Crippen LogP contribution < -0.4 is 10.1 Å². The fourth-order valence-corrected chi connectivity index (χ4v) is 2.66. The molecule has 2 heterocycles. The van der Waals surface area contributed by atoms with E-state index in [-0.39, 0.29) is 24.0 Å². The van der Waals surface area contributed by atoms with Crippen LogP contribution in [-0.4, -0.2) is 59.2 Å². The molecule has 0 amide bonds. The van der Waals surface area contributed by atoms with Crippen molar-refractivity contribution in [2.45, 2.75) is 6.42 Å². The highest BCUT2D eigenvalue weighted by atomic mass is 127. The number of benzene rings is 1. The number of hydrogen-bond acceptors (Lipinski definition) is 4. The molecule has 1 aromatic carbocycles. The first-order valence-electron chi connectivity index (χ1n) is 8.66. The van der Waals surface area contributed by atoms with Crippen LogP contribution in [0.1, 0.15) is 5.82 Å². The van der Waals surface area contributed by atoms with E-state index in [4.69, 9.17) is 4.74 Å². The number of hydrogen-bond donors (Lipinski definition) is 1. The first-order chi connectivity index (χ1) is 12.8. The highest BCUT2D eigenvalue weighted by Crippen LogP contribution is 2.08. The Morgan fingerprint density at radius 2 is 1.93 bits per heavy atom. The van der Waals surface area contributed by atoms with Crippen molar-refractivity contribution < 1.29 is 4.74 Å². The van der Waals surface area contributed by atoms with Gasteiger partial charge in [-0.05, 0) is 24.3 Å². The van der Waals surface area contributed by atoms with Gasteiger partial charge in [-0.25, -0.2) is 0 Å². The number of likely N-dealkylation sites (N-methyl/N-ethyl adjacent to an activating group) is 1. The molecule has 27 heavy (non-hydrogen) atoms. The number of halogens is 1. The van der Waals surface area contributed by atoms with Gasteiger partial charge in [0.2, 0.25) is 0 Å². The van der Waals surface area contributed by atoms with Crippen LogP contribution in [0.4, 0.5) is 0 Å². The summed E-state index contributed by atoms with van der Waals surface area (Å²) >= 11 is 0. The quantitative estimate of drug-likeness (QED) is 0.320. The number of nitrogens with one attached hydrogen (secondary N) is 1. The summed E-state index contributed by atoms with van der Waals surface area (Å²) in [5.74, 6) is 2.64. The lowest BCUT2D eigenvalue weighted by molar-refractivity contribution is 0.281. The highest BCUT2D eigenvalue weighted by Gasteiger charge is 2.08. The molecule has 0 aliphatic heterocycles. The number of rotatable bonds is 7. The van der Waals surface area contributed by atoms with Crippen LogP contribution in [0.25, 0.3) is 5.65 Å². The van der Waals surface area contributed by atoms with E-state index in [1.165, 1.54) is 0 Å². The van der Waals surface area contributed by atoms with E-state index in [9.17, 15) is 0 Å². The van der Waals surface area contributed by atoms with E-state index in [0.29, 0.717) is 6.61 Å². The molecule has 0 aliphatic carbocycles. The third-order valence-corrected chi connectivity index (χ3v) is 4.03. The van der Waals surface area contributed by atoms with Crippen molar-refractivity contribution in [3.05, 3.63) is 60.6 Å². The van der Waals surface area contributed by atoms with Gasteiger partial charge in [0.25, 0.3) is 0 Å². The third-order valence-electron chi connectivity index (χ3n) is 4.03. The van der Waals surface area contributed by atoms with Crippen LogP contribution in [-0.2, 0) is 6.42 Å². The average molecular weight is 480 g/mol. The van der Waals surface area contributed by atoms with Crippen LogP contribution in [0, 0.1) is 0 Å². The van der Waals surface area contributed by atoms with E-state index >= 15 is 0 Å². The van der Waals surface area contributed by atoms with Gasteiger partial charge >= 0.3 is 0 Å². The molecule has 3 aromatic rings. The zero-order valence-corrected chi connectivity index (χ0v) is 17.9. The molecule has 0 radical (unpaired) electrons. The van der Waals surface area contributed by atoms with Gasteiger partial charge in [-0.3, -0.25) is 9.39 Å². The molecule has 2 aromatic heterocycles. The summed E-state index contributed by atoms with van der Waals surface area (Å²) < 4.78 is 7.74. The smallest absolute Gasteiger partial charge is 0.193 e. The van der Waals surface area contributed by atoms with Crippen molar-refractivity contribution in [2.24, 2.45) is 4.99 Å². The van der Waals surface area contributed by atoms with Crippen molar-refractivity contribution in [1.29, 1.82) is 0 Å². The molecule has 7 nitrogen and oxygen atoms in total. The SMILES string of the molecule is CN=C(NCCc1nnc2ccccn12)N(C)CCOc1ccccc1.I. The van der Waals surface area contributed by atoms with Crippen LogP contribution in [0.3, 0.4) is 0 Å². The number of pyridine rings is 1. The number of aliphatic imine (C=N–C) groups is 1. The number of ether oxygens (including phenoxy) is 1.